The molecule has 1 atom stereocenters. The van der Waals surface area contributed by atoms with E-state index < -0.39 is 36.2 Å². The lowest BCUT2D eigenvalue weighted by molar-refractivity contribution is -0.140. The number of halogens is 2. The normalized spacial score (nSPS) is 14.4. The second kappa shape index (κ2) is 9.27. The summed E-state index contributed by atoms with van der Waals surface area (Å²) in [6.45, 7) is -0.761. The number of aliphatic imine (C=N–C) groups is 1. The predicted molar refractivity (Wildman–Crippen MR) is 114 cm³/mol. The Balaban J connectivity index is 2.00. The Bertz CT molecular complexity index is 1050. The minimum atomic E-state index is -1.24. The third-order valence-corrected chi connectivity index (χ3v) is 5.02. The van der Waals surface area contributed by atoms with Crippen molar-refractivity contribution >= 4 is 53.4 Å². The number of rotatable bonds is 6. The van der Waals surface area contributed by atoms with Crippen LogP contribution in [0.1, 0.15) is 11.1 Å². The number of nitrogens with one attached hydrogen (secondary N) is 1. The zero-order valence-electron chi connectivity index (χ0n) is 15.5. The maximum absolute atomic E-state index is 14.4. The van der Waals surface area contributed by atoms with Crippen molar-refractivity contribution in [2.75, 3.05) is 23.7 Å². The van der Waals surface area contributed by atoms with E-state index in [1.165, 1.54) is 35.2 Å². The minimum Gasteiger partial charge on any atom is -0.480 e. The highest BCUT2D eigenvalue weighted by molar-refractivity contribution is 7.80. The summed E-state index contributed by atoms with van der Waals surface area (Å²) in [5.41, 5.74) is 1.13. The third-order valence-electron chi connectivity index (χ3n) is 4.42. The SMILES string of the molecule is O=C(CN1C(=O)CN=C(c2ccccc2F)c2cc(Cl)ccc21)N[C@@H](CS)C(=O)O. The molecule has 0 aliphatic carbocycles. The number of nitrogens with zero attached hydrogens (tertiary/aromatic N) is 2. The summed E-state index contributed by atoms with van der Waals surface area (Å²) in [5.74, 6) is -3.04. The highest BCUT2D eigenvalue weighted by Gasteiger charge is 2.29. The van der Waals surface area contributed by atoms with E-state index in [2.05, 4.69) is 22.9 Å². The first-order valence-electron chi connectivity index (χ1n) is 8.84. The molecule has 1 aliphatic heterocycles. The molecule has 1 aliphatic rings. The maximum atomic E-state index is 14.4. The second-order valence-electron chi connectivity index (χ2n) is 6.43. The van der Waals surface area contributed by atoms with Crippen LogP contribution in [0.5, 0.6) is 0 Å². The van der Waals surface area contributed by atoms with Crippen LogP contribution in [0.3, 0.4) is 0 Å². The molecule has 2 aromatic carbocycles. The second-order valence-corrected chi connectivity index (χ2v) is 7.23. The van der Waals surface area contributed by atoms with Gasteiger partial charge in [-0.15, -0.1) is 0 Å². The monoisotopic (exact) mass is 449 g/mol. The molecule has 0 saturated heterocycles. The molecule has 156 valence electrons. The first kappa shape index (κ1) is 21.8. The Morgan fingerprint density at radius 1 is 1.27 bits per heavy atom. The van der Waals surface area contributed by atoms with Gasteiger partial charge in [-0.05, 0) is 30.3 Å². The first-order chi connectivity index (χ1) is 14.3. The quantitative estimate of drug-likeness (QED) is 0.588. The number of amides is 2. The minimum absolute atomic E-state index is 0.109. The Kier molecular flexibility index (Phi) is 6.73. The van der Waals surface area contributed by atoms with E-state index in [0.717, 1.165) is 0 Å². The molecule has 2 amide bonds. The molecule has 2 N–H and O–H groups in total. The molecule has 0 spiro atoms. The highest BCUT2D eigenvalue weighted by atomic mass is 35.5. The first-order valence-corrected chi connectivity index (χ1v) is 9.85. The molecule has 2 aromatic rings. The topological polar surface area (TPSA) is 99.1 Å². The van der Waals surface area contributed by atoms with Crippen LogP contribution < -0.4 is 10.2 Å². The lowest BCUT2D eigenvalue weighted by Crippen LogP contribution is -2.48. The maximum Gasteiger partial charge on any atom is 0.327 e. The van der Waals surface area contributed by atoms with Crippen molar-refractivity contribution in [2.45, 2.75) is 6.04 Å². The number of carbonyl (C=O) groups is 3. The molecule has 0 radical (unpaired) electrons. The van der Waals surface area contributed by atoms with Gasteiger partial charge in [-0.2, -0.15) is 12.6 Å². The van der Waals surface area contributed by atoms with E-state index >= 15 is 0 Å². The van der Waals surface area contributed by atoms with Crippen molar-refractivity contribution in [3.05, 3.63) is 64.4 Å². The average molecular weight is 450 g/mol. The van der Waals surface area contributed by atoms with Gasteiger partial charge in [-0.1, -0.05) is 23.7 Å². The molecule has 0 bridgehead atoms. The van der Waals surface area contributed by atoms with Gasteiger partial charge in [0.15, 0.2) is 0 Å². The number of anilines is 1. The van der Waals surface area contributed by atoms with Gasteiger partial charge in [0.25, 0.3) is 0 Å². The fourth-order valence-corrected chi connectivity index (χ4v) is 3.43. The van der Waals surface area contributed by atoms with Crippen LogP contribution in [0.15, 0.2) is 47.5 Å². The van der Waals surface area contributed by atoms with Crippen LogP contribution in [-0.2, 0) is 14.4 Å². The van der Waals surface area contributed by atoms with Crippen LogP contribution in [0.4, 0.5) is 10.1 Å². The Labute approximate surface area is 182 Å². The Hall–Kier alpha value is -2.91. The summed E-state index contributed by atoms with van der Waals surface area (Å²) in [4.78, 5) is 41.7. The van der Waals surface area contributed by atoms with E-state index in [1.807, 2.05) is 0 Å². The van der Waals surface area contributed by atoms with Crippen molar-refractivity contribution in [2.24, 2.45) is 4.99 Å². The van der Waals surface area contributed by atoms with Crippen LogP contribution in [0.25, 0.3) is 0 Å². The number of carbonyl (C=O) groups excluding carboxylic acids is 2. The van der Waals surface area contributed by atoms with Gasteiger partial charge < -0.3 is 15.3 Å². The smallest absolute Gasteiger partial charge is 0.327 e. The van der Waals surface area contributed by atoms with Crippen molar-refractivity contribution in [3.63, 3.8) is 0 Å². The van der Waals surface area contributed by atoms with Gasteiger partial charge in [0.2, 0.25) is 11.8 Å². The Morgan fingerprint density at radius 2 is 2.00 bits per heavy atom. The lowest BCUT2D eigenvalue weighted by Gasteiger charge is -2.23. The number of carboxylic acids is 1. The highest BCUT2D eigenvalue weighted by Crippen LogP contribution is 2.30. The molecule has 7 nitrogen and oxygen atoms in total. The van der Waals surface area contributed by atoms with Gasteiger partial charge in [0, 0.05) is 21.9 Å². The van der Waals surface area contributed by atoms with Crippen molar-refractivity contribution in [1.82, 2.24) is 5.32 Å². The van der Waals surface area contributed by atoms with Crippen LogP contribution in [-0.4, -0.2) is 53.5 Å². The average Bonchev–Trinajstić information content (AvgIpc) is 2.83. The number of thiol groups is 1. The van der Waals surface area contributed by atoms with Crippen molar-refractivity contribution < 1.29 is 23.9 Å². The number of fused-ring (bicyclic) bond motifs is 1. The number of benzene rings is 2. The zero-order valence-corrected chi connectivity index (χ0v) is 17.2. The van der Waals surface area contributed by atoms with Gasteiger partial charge in [-0.25, -0.2) is 9.18 Å². The summed E-state index contributed by atoms with van der Waals surface area (Å²) in [7, 11) is 0. The van der Waals surface area contributed by atoms with Gasteiger partial charge in [-0.3, -0.25) is 14.6 Å². The number of hydrogen-bond donors (Lipinski definition) is 3. The number of carboxylic acid groups (broad SMARTS) is 1. The molecule has 10 heteroatoms. The van der Waals surface area contributed by atoms with E-state index in [-0.39, 0.29) is 23.6 Å². The number of benzodiazepines with no additional fused rings is 1. The molecule has 0 unspecified atom stereocenters. The fourth-order valence-electron chi connectivity index (χ4n) is 3.01. The van der Waals surface area contributed by atoms with Gasteiger partial charge >= 0.3 is 5.97 Å². The van der Waals surface area contributed by atoms with E-state index in [1.54, 1.807) is 12.1 Å². The number of hydrogen-bond acceptors (Lipinski definition) is 5. The standard InChI is InChI=1S/C20H17ClFN3O4S/c21-11-5-6-16-13(7-11)19(12-3-1-2-4-14(12)22)23-8-18(27)25(16)9-17(26)24-15(10-30)20(28)29/h1-7,15,30H,8-10H2,(H,24,26)(H,28,29)/t15-/m0/s1. The summed E-state index contributed by atoms with van der Waals surface area (Å²) in [6.07, 6.45) is 0. The summed E-state index contributed by atoms with van der Waals surface area (Å²) >= 11 is 10.0. The van der Waals surface area contributed by atoms with Gasteiger partial charge in [0.05, 0.1) is 11.4 Å². The van der Waals surface area contributed by atoms with E-state index in [9.17, 15) is 18.8 Å². The van der Waals surface area contributed by atoms with Crippen molar-refractivity contribution in [3.8, 4) is 0 Å². The molecular formula is C20H17ClFN3O4S. The zero-order chi connectivity index (χ0) is 21.8. The van der Waals surface area contributed by atoms with Crippen LogP contribution in [0, 0.1) is 5.82 Å². The van der Waals surface area contributed by atoms with Crippen molar-refractivity contribution in [1.29, 1.82) is 0 Å². The molecule has 0 saturated carbocycles. The number of aliphatic carboxylic acids is 1. The molecule has 3 rings (SSSR count). The summed E-state index contributed by atoms with van der Waals surface area (Å²) in [6, 6.07) is 9.43. The molecule has 30 heavy (non-hydrogen) atoms. The third kappa shape index (κ3) is 4.63. The molecular weight excluding hydrogens is 433 g/mol. The summed E-state index contributed by atoms with van der Waals surface area (Å²) in [5, 5.41) is 11.7. The fraction of sp³-hybridized carbons (Fsp3) is 0.200. The lowest BCUT2D eigenvalue weighted by atomic mass is 9.99. The molecule has 1 heterocycles. The molecule has 0 aromatic heterocycles. The predicted octanol–water partition coefficient (Wildman–Crippen LogP) is 2.16. The largest absolute Gasteiger partial charge is 0.480 e. The Morgan fingerprint density at radius 3 is 2.67 bits per heavy atom. The van der Waals surface area contributed by atoms with Crippen LogP contribution >= 0.6 is 24.2 Å². The van der Waals surface area contributed by atoms with Gasteiger partial charge in [0.1, 0.15) is 24.9 Å². The summed E-state index contributed by atoms with van der Waals surface area (Å²) < 4.78 is 14.4. The van der Waals surface area contributed by atoms with Crippen LogP contribution in [0.2, 0.25) is 5.02 Å². The van der Waals surface area contributed by atoms with E-state index in [0.29, 0.717) is 16.3 Å². The molecule has 0 fully saturated rings. The van der Waals surface area contributed by atoms with E-state index in [4.69, 9.17) is 16.7 Å².